The van der Waals surface area contributed by atoms with Crippen LogP contribution < -0.4 is 10.1 Å². The second-order valence-corrected chi connectivity index (χ2v) is 6.39. The summed E-state index contributed by atoms with van der Waals surface area (Å²) in [5.41, 5.74) is 2.94. The van der Waals surface area contributed by atoms with Crippen molar-refractivity contribution in [1.82, 2.24) is 20.1 Å². The molecule has 128 valence electrons. The number of nitrogens with one attached hydrogen (secondary N) is 1. The van der Waals surface area contributed by atoms with Crippen molar-refractivity contribution < 1.29 is 9.53 Å². The second kappa shape index (κ2) is 6.20. The molecule has 6 nitrogen and oxygen atoms in total. The van der Waals surface area contributed by atoms with Gasteiger partial charge >= 0.3 is 0 Å². The van der Waals surface area contributed by atoms with E-state index in [1.54, 1.807) is 18.0 Å². The minimum absolute atomic E-state index is 0.0609. The lowest BCUT2D eigenvalue weighted by molar-refractivity contribution is 0.0918. The highest BCUT2D eigenvalue weighted by Crippen LogP contribution is 2.27. The smallest absolute Gasteiger partial charge is 0.252 e. The molecular weight excluding hydrogens is 316 g/mol. The Morgan fingerprint density at radius 1 is 1.32 bits per heavy atom. The number of aryl methyl sites for hydroxylation is 1. The van der Waals surface area contributed by atoms with E-state index in [1.807, 2.05) is 37.4 Å². The third kappa shape index (κ3) is 2.84. The number of carbonyl (C=O) groups excluding carboxylic acids is 1. The van der Waals surface area contributed by atoms with E-state index in [2.05, 4.69) is 10.4 Å². The van der Waals surface area contributed by atoms with Crippen LogP contribution in [0.2, 0.25) is 0 Å². The molecule has 1 N–H and O–H groups in total. The van der Waals surface area contributed by atoms with Gasteiger partial charge in [0.25, 0.3) is 5.91 Å². The third-order valence-electron chi connectivity index (χ3n) is 4.76. The molecule has 0 aliphatic heterocycles. The highest BCUT2D eigenvalue weighted by molar-refractivity contribution is 6.06. The average Bonchev–Trinajstić information content (AvgIpc) is 2.98. The molecule has 1 aliphatic rings. The fourth-order valence-corrected chi connectivity index (χ4v) is 3.05. The summed E-state index contributed by atoms with van der Waals surface area (Å²) in [6.07, 6.45) is 4.98. The van der Waals surface area contributed by atoms with Crippen LogP contribution in [0.4, 0.5) is 0 Å². The van der Waals surface area contributed by atoms with Crippen molar-refractivity contribution >= 4 is 16.9 Å². The normalized spacial score (nSPS) is 14.3. The standard InChI is InChI=1S/C19H20N4O2/c1-23-18-16(11-20-23)15(19(24)21-13-6-4-7-13)10-17(22-18)12-5-3-8-14(9-12)25-2/h3,5,8-11,13H,4,6-7H2,1-2H3,(H,21,24). The summed E-state index contributed by atoms with van der Waals surface area (Å²) in [5.74, 6) is 0.694. The predicted octanol–water partition coefficient (Wildman–Crippen LogP) is 2.93. The lowest BCUT2D eigenvalue weighted by Crippen LogP contribution is -2.39. The molecular formula is C19H20N4O2. The van der Waals surface area contributed by atoms with Crippen molar-refractivity contribution in [3.63, 3.8) is 0 Å². The molecule has 0 radical (unpaired) electrons. The van der Waals surface area contributed by atoms with Gasteiger partial charge in [-0.15, -0.1) is 0 Å². The number of methoxy groups -OCH3 is 1. The zero-order valence-electron chi connectivity index (χ0n) is 14.3. The van der Waals surface area contributed by atoms with Crippen molar-refractivity contribution in [2.75, 3.05) is 7.11 Å². The highest BCUT2D eigenvalue weighted by atomic mass is 16.5. The first-order valence-electron chi connectivity index (χ1n) is 8.44. The van der Waals surface area contributed by atoms with E-state index in [9.17, 15) is 4.79 Å². The Labute approximate surface area is 145 Å². The van der Waals surface area contributed by atoms with Crippen LogP contribution in [0.5, 0.6) is 5.75 Å². The number of aromatic nitrogens is 3. The van der Waals surface area contributed by atoms with E-state index in [1.165, 1.54) is 6.42 Å². The molecule has 3 aromatic rings. The van der Waals surface area contributed by atoms with Gasteiger partial charge in [-0.05, 0) is 37.5 Å². The number of fused-ring (bicyclic) bond motifs is 1. The maximum Gasteiger partial charge on any atom is 0.252 e. The van der Waals surface area contributed by atoms with Gasteiger partial charge in [-0.25, -0.2) is 4.98 Å². The van der Waals surface area contributed by atoms with Gasteiger partial charge in [-0.2, -0.15) is 5.10 Å². The Bertz CT molecular complexity index is 944. The first kappa shape index (κ1) is 15.6. The molecule has 1 aromatic carbocycles. The number of rotatable bonds is 4. The maximum atomic E-state index is 12.8. The third-order valence-corrected chi connectivity index (χ3v) is 4.76. The largest absolute Gasteiger partial charge is 0.497 e. The van der Waals surface area contributed by atoms with E-state index in [0.717, 1.165) is 35.2 Å². The molecule has 2 heterocycles. The molecule has 0 atom stereocenters. The van der Waals surface area contributed by atoms with E-state index in [-0.39, 0.29) is 11.9 Å². The predicted molar refractivity (Wildman–Crippen MR) is 95.6 cm³/mol. The van der Waals surface area contributed by atoms with Crippen molar-refractivity contribution in [2.24, 2.45) is 7.05 Å². The maximum absolute atomic E-state index is 12.8. The molecule has 6 heteroatoms. The Morgan fingerprint density at radius 3 is 2.88 bits per heavy atom. The van der Waals surface area contributed by atoms with Gasteiger partial charge in [0, 0.05) is 18.7 Å². The quantitative estimate of drug-likeness (QED) is 0.795. The summed E-state index contributed by atoms with van der Waals surface area (Å²) in [5, 5.41) is 8.15. The Balaban J connectivity index is 1.82. The van der Waals surface area contributed by atoms with Crippen molar-refractivity contribution in [3.05, 3.63) is 42.1 Å². The van der Waals surface area contributed by atoms with E-state index >= 15 is 0 Å². The van der Waals surface area contributed by atoms with Gasteiger partial charge in [0.15, 0.2) is 5.65 Å². The summed E-state index contributed by atoms with van der Waals surface area (Å²) in [6.45, 7) is 0. The summed E-state index contributed by atoms with van der Waals surface area (Å²) < 4.78 is 6.99. The van der Waals surface area contributed by atoms with Crippen molar-refractivity contribution in [1.29, 1.82) is 0 Å². The number of amides is 1. The zero-order valence-corrected chi connectivity index (χ0v) is 14.3. The molecule has 25 heavy (non-hydrogen) atoms. The van der Waals surface area contributed by atoms with Crippen LogP contribution in [-0.2, 0) is 7.05 Å². The molecule has 1 fully saturated rings. The summed E-state index contributed by atoms with van der Waals surface area (Å²) in [4.78, 5) is 17.5. The molecule has 4 rings (SSSR count). The van der Waals surface area contributed by atoms with Gasteiger partial charge in [-0.1, -0.05) is 12.1 Å². The second-order valence-electron chi connectivity index (χ2n) is 6.39. The fourth-order valence-electron chi connectivity index (χ4n) is 3.05. The van der Waals surface area contributed by atoms with Crippen molar-refractivity contribution in [2.45, 2.75) is 25.3 Å². The number of benzene rings is 1. The van der Waals surface area contributed by atoms with E-state index in [0.29, 0.717) is 11.2 Å². The van der Waals surface area contributed by atoms with E-state index < -0.39 is 0 Å². The van der Waals surface area contributed by atoms with Crippen LogP contribution in [0.1, 0.15) is 29.6 Å². The lowest BCUT2D eigenvalue weighted by Gasteiger charge is -2.26. The number of carbonyl (C=O) groups is 1. The molecule has 1 amide bonds. The van der Waals surface area contributed by atoms with Crippen LogP contribution in [0.15, 0.2) is 36.5 Å². The minimum atomic E-state index is -0.0609. The number of hydrogen-bond donors (Lipinski definition) is 1. The number of nitrogens with zero attached hydrogens (tertiary/aromatic N) is 3. The Morgan fingerprint density at radius 2 is 2.16 bits per heavy atom. The van der Waals surface area contributed by atoms with Crippen LogP contribution >= 0.6 is 0 Å². The van der Waals surface area contributed by atoms with Gasteiger partial charge in [0.2, 0.25) is 0 Å². The molecule has 0 saturated heterocycles. The summed E-state index contributed by atoms with van der Waals surface area (Å²) in [6, 6.07) is 9.80. The first-order valence-corrected chi connectivity index (χ1v) is 8.44. The minimum Gasteiger partial charge on any atom is -0.497 e. The van der Waals surface area contributed by atoms with Gasteiger partial charge in [0.1, 0.15) is 5.75 Å². The van der Waals surface area contributed by atoms with Crippen LogP contribution in [0, 0.1) is 0 Å². The Kier molecular flexibility index (Phi) is 3.87. The average molecular weight is 336 g/mol. The number of pyridine rings is 1. The van der Waals surface area contributed by atoms with Crippen LogP contribution in [-0.4, -0.2) is 33.8 Å². The summed E-state index contributed by atoms with van der Waals surface area (Å²) in [7, 11) is 3.46. The molecule has 1 aliphatic carbocycles. The molecule has 0 spiro atoms. The topological polar surface area (TPSA) is 69.0 Å². The zero-order chi connectivity index (χ0) is 17.4. The molecule has 1 saturated carbocycles. The molecule has 0 unspecified atom stereocenters. The lowest BCUT2D eigenvalue weighted by atomic mass is 9.93. The highest BCUT2D eigenvalue weighted by Gasteiger charge is 2.23. The Hall–Kier alpha value is -2.89. The number of hydrogen-bond acceptors (Lipinski definition) is 4. The van der Waals surface area contributed by atoms with Gasteiger partial charge in [-0.3, -0.25) is 9.48 Å². The molecule has 0 bridgehead atoms. The van der Waals surface area contributed by atoms with Crippen LogP contribution in [0.25, 0.3) is 22.3 Å². The SMILES string of the molecule is COc1cccc(-c2cc(C(=O)NC3CCC3)c3cnn(C)c3n2)c1. The fraction of sp³-hybridized carbons (Fsp3) is 0.316. The van der Waals surface area contributed by atoms with Crippen molar-refractivity contribution in [3.8, 4) is 17.0 Å². The van der Waals surface area contributed by atoms with Gasteiger partial charge in [0.05, 0.1) is 30.0 Å². The first-order chi connectivity index (χ1) is 12.2. The molecule has 2 aromatic heterocycles. The number of ether oxygens (including phenoxy) is 1. The van der Waals surface area contributed by atoms with Crippen LogP contribution in [0.3, 0.4) is 0 Å². The monoisotopic (exact) mass is 336 g/mol. The summed E-state index contributed by atoms with van der Waals surface area (Å²) >= 11 is 0. The van der Waals surface area contributed by atoms with E-state index in [4.69, 9.17) is 9.72 Å². The van der Waals surface area contributed by atoms with Gasteiger partial charge < -0.3 is 10.1 Å².